The van der Waals surface area contributed by atoms with Crippen molar-refractivity contribution in [3.63, 3.8) is 0 Å². The van der Waals surface area contributed by atoms with Crippen molar-refractivity contribution in [2.24, 2.45) is 11.8 Å². The molecule has 6 atom stereocenters. The topological polar surface area (TPSA) is 106 Å². The van der Waals surface area contributed by atoms with Crippen LogP contribution >= 0.6 is 0 Å². The molecule has 4 aliphatic heterocycles. The Bertz CT molecular complexity index is 1390. The van der Waals surface area contributed by atoms with Gasteiger partial charge >= 0.3 is 5.97 Å². The standard InChI is InChI=1S/C32H34N2O7/c1-31-15-6-7-18-40-30(38)26(31)25-28(36)34(23(20-35)19-21-9-4-3-5-10-21)27-29(37)33(17-8-16-32(25,27)41-31)22-11-13-24(39-2)14-12-22/h3-6,8-16,23,25-27,35H,7,17-20H2,1-2H3/t23-,25+,26+,27?,31-,32+/m1/s1. The highest BCUT2D eigenvalue weighted by Gasteiger charge is 2.75. The Balaban J connectivity index is 1.49. The van der Waals surface area contributed by atoms with Crippen LogP contribution in [0, 0.1) is 11.8 Å². The number of hydrogen-bond donors (Lipinski definition) is 1. The summed E-state index contributed by atoms with van der Waals surface area (Å²) in [5.41, 5.74) is -1.05. The number of fused-ring (bicyclic) bond motifs is 2. The van der Waals surface area contributed by atoms with Gasteiger partial charge in [0.2, 0.25) is 5.91 Å². The SMILES string of the molecule is COc1ccc(N2CC=C[C@]34O[C@]5(C)C=CCCOC(=O)[C@@H]5[C@H]3C(=O)N([C@@H](CO)Cc3ccccc3)C4C2=O)cc1. The van der Waals surface area contributed by atoms with Gasteiger partial charge in [0.1, 0.15) is 23.3 Å². The monoisotopic (exact) mass is 558 g/mol. The number of nitrogens with zero attached hydrogens (tertiary/aromatic N) is 2. The number of carbonyl (C=O) groups excluding carboxylic acids is 3. The summed E-state index contributed by atoms with van der Waals surface area (Å²) in [5.74, 6) is -2.59. The van der Waals surface area contributed by atoms with Gasteiger partial charge < -0.3 is 29.1 Å². The van der Waals surface area contributed by atoms with Gasteiger partial charge in [0, 0.05) is 12.2 Å². The van der Waals surface area contributed by atoms with E-state index in [4.69, 9.17) is 14.2 Å². The minimum atomic E-state index is -1.44. The molecule has 2 fully saturated rings. The maximum absolute atomic E-state index is 14.6. The van der Waals surface area contributed by atoms with Gasteiger partial charge in [-0.15, -0.1) is 0 Å². The van der Waals surface area contributed by atoms with Crippen molar-refractivity contribution < 1.29 is 33.7 Å². The molecule has 1 N–H and O–H groups in total. The van der Waals surface area contributed by atoms with Crippen molar-refractivity contribution in [2.45, 2.75) is 43.1 Å². The number of rotatable bonds is 6. The van der Waals surface area contributed by atoms with Gasteiger partial charge in [0.25, 0.3) is 5.91 Å². The van der Waals surface area contributed by atoms with Crippen LogP contribution in [0.15, 0.2) is 78.9 Å². The Morgan fingerprint density at radius 3 is 2.46 bits per heavy atom. The van der Waals surface area contributed by atoms with Crippen molar-refractivity contribution in [1.29, 1.82) is 0 Å². The summed E-state index contributed by atoms with van der Waals surface area (Å²) in [6.07, 6.45) is 8.20. The highest BCUT2D eigenvalue weighted by molar-refractivity contribution is 6.05. The van der Waals surface area contributed by atoms with Crippen LogP contribution in [-0.2, 0) is 30.3 Å². The maximum Gasteiger partial charge on any atom is 0.313 e. The molecule has 4 aliphatic rings. The van der Waals surface area contributed by atoms with Gasteiger partial charge in [-0.3, -0.25) is 14.4 Å². The van der Waals surface area contributed by atoms with Crippen LogP contribution in [0.2, 0.25) is 0 Å². The van der Waals surface area contributed by atoms with Gasteiger partial charge in [-0.1, -0.05) is 54.6 Å². The highest BCUT2D eigenvalue weighted by atomic mass is 16.6. The van der Waals surface area contributed by atoms with E-state index in [2.05, 4.69) is 0 Å². The fourth-order valence-electron chi connectivity index (χ4n) is 6.95. The number of benzene rings is 2. The smallest absolute Gasteiger partial charge is 0.313 e. The average molecular weight is 559 g/mol. The molecule has 41 heavy (non-hydrogen) atoms. The zero-order chi connectivity index (χ0) is 28.8. The minimum absolute atomic E-state index is 0.205. The van der Waals surface area contributed by atoms with E-state index in [0.717, 1.165) is 5.56 Å². The molecule has 0 aliphatic carbocycles. The van der Waals surface area contributed by atoms with Crippen molar-refractivity contribution in [2.75, 3.05) is 31.8 Å². The first-order chi connectivity index (χ1) is 19.8. The van der Waals surface area contributed by atoms with E-state index >= 15 is 0 Å². The molecule has 4 heterocycles. The number of aliphatic hydroxyl groups is 1. The molecule has 0 aromatic heterocycles. The second-order valence-corrected chi connectivity index (χ2v) is 11.2. The van der Waals surface area contributed by atoms with Crippen LogP contribution in [0.25, 0.3) is 0 Å². The molecule has 2 amide bonds. The first-order valence-corrected chi connectivity index (χ1v) is 14.0. The fraction of sp³-hybridized carbons (Fsp3) is 0.406. The number of carbonyl (C=O) groups is 3. The summed E-state index contributed by atoms with van der Waals surface area (Å²) >= 11 is 0. The van der Waals surface area contributed by atoms with E-state index in [-0.39, 0.29) is 25.7 Å². The number of likely N-dealkylation sites (tertiary alicyclic amines) is 1. The quantitative estimate of drug-likeness (QED) is 0.429. The molecule has 0 radical (unpaired) electrons. The normalized spacial score (nSPS) is 31.5. The third kappa shape index (κ3) is 4.35. The largest absolute Gasteiger partial charge is 0.497 e. The van der Waals surface area contributed by atoms with Crippen LogP contribution in [0.4, 0.5) is 5.69 Å². The summed E-state index contributed by atoms with van der Waals surface area (Å²) in [7, 11) is 1.57. The van der Waals surface area contributed by atoms with Gasteiger partial charge in [-0.05, 0) is 49.6 Å². The van der Waals surface area contributed by atoms with E-state index < -0.39 is 47.0 Å². The Morgan fingerprint density at radius 1 is 1.00 bits per heavy atom. The van der Waals surface area contributed by atoms with Crippen molar-refractivity contribution in [3.05, 3.63) is 84.5 Å². The number of hydrogen-bond acceptors (Lipinski definition) is 7. The number of ether oxygens (including phenoxy) is 3. The van der Waals surface area contributed by atoms with E-state index in [1.54, 1.807) is 49.3 Å². The number of aliphatic hydroxyl groups excluding tert-OH is 1. The van der Waals surface area contributed by atoms with E-state index in [1.807, 2.05) is 48.6 Å². The Hall–Kier alpha value is -3.95. The highest BCUT2D eigenvalue weighted by Crippen LogP contribution is 2.57. The summed E-state index contributed by atoms with van der Waals surface area (Å²) in [6, 6.07) is 14.8. The lowest BCUT2D eigenvalue weighted by atomic mass is 9.74. The van der Waals surface area contributed by atoms with E-state index in [9.17, 15) is 19.5 Å². The first kappa shape index (κ1) is 27.2. The van der Waals surface area contributed by atoms with Gasteiger partial charge in [-0.25, -0.2) is 0 Å². The molecule has 9 heteroatoms. The minimum Gasteiger partial charge on any atom is -0.497 e. The lowest BCUT2D eigenvalue weighted by Gasteiger charge is -2.40. The molecule has 1 spiro atoms. The second-order valence-electron chi connectivity index (χ2n) is 11.2. The molecule has 9 nitrogen and oxygen atoms in total. The molecule has 0 bridgehead atoms. The van der Waals surface area contributed by atoms with Crippen LogP contribution in [-0.4, -0.2) is 77.9 Å². The number of anilines is 1. The summed E-state index contributed by atoms with van der Waals surface area (Å²) in [4.78, 5) is 45.7. The fourth-order valence-corrected chi connectivity index (χ4v) is 6.95. The number of esters is 1. The molecule has 1 unspecified atom stereocenters. The van der Waals surface area contributed by atoms with Gasteiger partial charge in [0.05, 0.1) is 37.9 Å². The number of amides is 2. The third-order valence-corrected chi connectivity index (χ3v) is 8.76. The molecular formula is C32H34N2O7. The molecule has 2 aromatic rings. The Morgan fingerprint density at radius 2 is 1.76 bits per heavy atom. The van der Waals surface area contributed by atoms with Crippen molar-refractivity contribution in [1.82, 2.24) is 4.90 Å². The van der Waals surface area contributed by atoms with Crippen molar-refractivity contribution in [3.8, 4) is 5.75 Å². The Labute approximate surface area is 239 Å². The van der Waals surface area contributed by atoms with Gasteiger partial charge in [-0.2, -0.15) is 0 Å². The van der Waals surface area contributed by atoms with E-state index in [0.29, 0.717) is 24.3 Å². The van der Waals surface area contributed by atoms with Crippen LogP contribution < -0.4 is 9.64 Å². The van der Waals surface area contributed by atoms with Gasteiger partial charge in [0.15, 0.2) is 0 Å². The summed E-state index contributed by atoms with van der Waals surface area (Å²) in [6.45, 7) is 1.86. The molecule has 2 aromatic carbocycles. The lowest BCUT2D eigenvalue weighted by Crippen LogP contribution is -2.59. The van der Waals surface area contributed by atoms with Crippen LogP contribution in [0.1, 0.15) is 18.9 Å². The lowest BCUT2D eigenvalue weighted by molar-refractivity contribution is -0.160. The molecule has 2 saturated heterocycles. The maximum atomic E-state index is 14.6. The Kier molecular flexibility index (Phi) is 6.95. The van der Waals surface area contributed by atoms with Crippen molar-refractivity contribution >= 4 is 23.5 Å². The molecule has 6 rings (SSSR count). The molecular weight excluding hydrogens is 524 g/mol. The van der Waals surface area contributed by atoms with Crippen LogP contribution in [0.3, 0.4) is 0 Å². The summed E-state index contributed by atoms with van der Waals surface area (Å²) in [5, 5.41) is 10.6. The zero-order valence-corrected chi connectivity index (χ0v) is 23.1. The average Bonchev–Trinajstić information content (AvgIpc) is 3.30. The summed E-state index contributed by atoms with van der Waals surface area (Å²) < 4.78 is 17.7. The predicted octanol–water partition coefficient (Wildman–Crippen LogP) is 2.68. The van der Waals surface area contributed by atoms with E-state index in [1.165, 1.54) is 4.90 Å². The predicted molar refractivity (Wildman–Crippen MR) is 150 cm³/mol. The molecule has 214 valence electrons. The second kappa shape index (κ2) is 10.5. The zero-order valence-electron chi connectivity index (χ0n) is 23.1. The van der Waals surface area contributed by atoms with Crippen LogP contribution in [0.5, 0.6) is 5.75 Å². The number of cyclic esters (lactones) is 1. The number of methoxy groups -OCH3 is 1. The third-order valence-electron chi connectivity index (χ3n) is 8.76. The first-order valence-electron chi connectivity index (χ1n) is 14.0. The molecule has 0 saturated carbocycles.